The number of fused-ring (bicyclic) bond motifs is 2. The van der Waals surface area contributed by atoms with Crippen molar-refractivity contribution in [3.05, 3.63) is 35.4 Å². The van der Waals surface area contributed by atoms with E-state index in [0.29, 0.717) is 5.56 Å². The minimum Gasteiger partial charge on any atom is -0.448 e. The van der Waals surface area contributed by atoms with Crippen LogP contribution in [0.1, 0.15) is 31.1 Å². The molecule has 3 rings (SSSR count). The molecule has 120 valence electrons. The molecule has 24 heavy (non-hydrogen) atoms. The van der Waals surface area contributed by atoms with E-state index in [-0.39, 0.29) is 5.90 Å². The van der Waals surface area contributed by atoms with Gasteiger partial charge in [-0.05, 0) is 12.5 Å². The molecular formula is C18H16N4O2. The molecule has 0 aromatic heterocycles. The van der Waals surface area contributed by atoms with E-state index >= 15 is 0 Å². The fourth-order valence-corrected chi connectivity index (χ4v) is 3.75. The summed E-state index contributed by atoms with van der Waals surface area (Å²) in [5.74, 6) is -2.25. The van der Waals surface area contributed by atoms with Crippen LogP contribution in [-0.4, -0.2) is 11.7 Å². The number of aryl methyl sites for hydroxylation is 1. The molecule has 0 saturated carbocycles. The van der Waals surface area contributed by atoms with Crippen molar-refractivity contribution < 1.29 is 9.47 Å². The van der Waals surface area contributed by atoms with E-state index in [9.17, 15) is 15.8 Å². The van der Waals surface area contributed by atoms with E-state index in [1.165, 1.54) is 0 Å². The van der Waals surface area contributed by atoms with Crippen molar-refractivity contribution in [2.24, 2.45) is 16.7 Å². The molecule has 0 spiro atoms. The molecule has 2 aliphatic rings. The summed E-state index contributed by atoms with van der Waals surface area (Å²) in [5.41, 5.74) is -1.92. The highest BCUT2D eigenvalue weighted by Gasteiger charge is 2.78. The molecular weight excluding hydrogens is 304 g/mol. The van der Waals surface area contributed by atoms with E-state index in [0.717, 1.165) is 5.56 Å². The van der Waals surface area contributed by atoms with Gasteiger partial charge in [0.15, 0.2) is 5.41 Å². The second-order valence-electron chi connectivity index (χ2n) is 6.53. The van der Waals surface area contributed by atoms with Gasteiger partial charge < -0.3 is 9.47 Å². The Kier molecular flexibility index (Phi) is 3.20. The highest BCUT2D eigenvalue weighted by Crippen LogP contribution is 2.66. The topological polar surface area (TPSA) is 114 Å². The summed E-state index contributed by atoms with van der Waals surface area (Å²) in [7, 11) is 0. The standard InChI is InChI=1S/C18H16N4O2/c1-11-4-6-13(7-5-11)14-17(8-19,9-20)18(10-21)12(2)16(3,23-14)24-15(18)22/h4-7,12,14,22H,1-3H3/t12-,14-,16+,18-/m1/s1. The minimum atomic E-state index is -1.87. The van der Waals surface area contributed by atoms with E-state index < -0.39 is 28.6 Å². The van der Waals surface area contributed by atoms with Crippen LogP contribution in [0.3, 0.4) is 0 Å². The second-order valence-corrected chi connectivity index (χ2v) is 6.53. The zero-order valence-corrected chi connectivity index (χ0v) is 13.6. The molecule has 2 heterocycles. The summed E-state index contributed by atoms with van der Waals surface area (Å²) in [5, 5.41) is 37.9. The Morgan fingerprint density at radius 2 is 1.67 bits per heavy atom. The van der Waals surface area contributed by atoms with Crippen molar-refractivity contribution in [1.29, 1.82) is 21.2 Å². The maximum absolute atomic E-state index is 9.91. The third kappa shape index (κ3) is 1.58. The van der Waals surface area contributed by atoms with Crippen LogP contribution in [0.25, 0.3) is 0 Å². The third-order valence-electron chi connectivity index (χ3n) is 5.38. The highest BCUT2D eigenvalue weighted by molar-refractivity contribution is 5.89. The molecule has 6 nitrogen and oxygen atoms in total. The first-order valence-electron chi connectivity index (χ1n) is 7.57. The molecule has 0 amide bonds. The lowest BCUT2D eigenvalue weighted by atomic mass is 9.54. The molecule has 2 fully saturated rings. The molecule has 0 radical (unpaired) electrons. The molecule has 1 N–H and O–H groups in total. The van der Waals surface area contributed by atoms with Crippen molar-refractivity contribution in [3.63, 3.8) is 0 Å². The fraction of sp³-hybridized carbons (Fsp3) is 0.444. The van der Waals surface area contributed by atoms with Gasteiger partial charge in [0, 0.05) is 6.92 Å². The van der Waals surface area contributed by atoms with Crippen molar-refractivity contribution in [2.75, 3.05) is 0 Å². The van der Waals surface area contributed by atoms with Gasteiger partial charge in [-0.15, -0.1) is 0 Å². The Morgan fingerprint density at radius 1 is 1.08 bits per heavy atom. The van der Waals surface area contributed by atoms with Crippen LogP contribution in [0.5, 0.6) is 0 Å². The number of benzene rings is 1. The summed E-state index contributed by atoms with van der Waals surface area (Å²) < 4.78 is 11.6. The predicted molar refractivity (Wildman–Crippen MR) is 83.1 cm³/mol. The van der Waals surface area contributed by atoms with Crippen LogP contribution in [0.2, 0.25) is 0 Å². The normalized spacial score (nSPS) is 36.1. The van der Waals surface area contributed by atoms with Crippen LogP contribution in [0.15, 0.2) is 24.3 Å². The van der Waals surface area contributed by atoms with Gasteiger partial charge in [-0.25, -0.2) is 0 Å². The zero-order valence-electron chi connectivity index (χ0n) is 13.6. The van der Waals surface area contributed by atoms with Crippen LogP contribution in [0.4, 0.5) is 0 Å². The first-order valence-corrected chi connectivity index (χ1v) is 7.57. The smallest absolute Gasteiger partial charge is 0.214 e. The molecule has 6 heteroatoms. The molecule has 0 aliphatic carbocycles. The Balaban J connectivity index is 2.31. The number of rotatable bonds is 1. The van der Waals surface area contributed by atoms with E-state index in [1.807, 2.05) is 31.2 Å². The average Bonchev–Trinajstić information content (AvgIpc) is 2.71. The molecule has 2 bridgehead atoms. The number of hydrogen-bond donors (Lipinski definition) is 1. The van der Waals surface area contributed by atoms with Crippen LogP contribution < -0.4 is 0 Å². The summed E-state index contributed by atoms with van der Waals surface area (Å²) >= 11 is 0. The Morgan fingerprint density at radius 3 is 2.17 bits per heavy atom. The van der Waals surface area contributed by atoms with E-state index in [1.54, 1.807) is 26.0 Å². The average molecular weight is 320 g/mol. The van der Waals surface area contributed by atoms with Crippen LogP contribution in [-0.2, 0) is 9.47 Å². The quantitative estimate of drug-likeness (QED) is 0.854. The van der Waals surface area contributed by atoms with Crippen molar-refractivity contribution in [3.8, 4) is 18.2 Å². The van der Waals surface area contributed by atoms with Gasteiger partial charge in [-0.1, -0.05) is 36.8 Å². The summed E-state index contributed by atoms with van der Waals surface area (Å²) in [6, 6.07) is 13.3. The van der Waals surface area contributed by atoms with Crippen LogP contribution in [0, 0.1) is 63.1 Å². The van der Waals surface area contributed by atoms with Crippen molar-refractivity contribution >= 4 is 5.90 Å². The van der Waals surface area contributed by atoms with Gasteiger partial charge in [0.2, 0.25) is 17.1 Å². The van der Waals surface area contributed by atoms with Gasteiger partial charge >= 0.3 is 0 Å². The lowest BCUT2D eigenvalue weighted by Gasteiger charge is -2.47. The number of hydrogen-bond acceptors (Lipinski definition) is 6. The summed E-state index contributed by atoms with van der Waals surface area (Å²) in [4.78, 5) is 0. The monoisotopic (exact) mass is 320 g/mol. The summed E-state index contributed by atoms with van der Waals surface area (Å²) in [6.07, 6.45) is -0.989. The molecule has 2 aliphatic heterocycles. The molecule has 1 aromatic rings. The molecule has 4 atom stereocenters. The van der Waals surface area contributed by atoms with Gasteiger partial charge in [0.05, 0.1) is 24.1 Å². The number of ether oxygens (including phenoxy) is 2. The Hall–Kier alpha value is -2.88. The van der Waals surface area contributed by atoms with Crippen molar-refractivity contribution in [2.45, 2.75) is 32.7 Å². The number of nitrogens with one attached hydrogen (secondary N) is 1. The number of nitrogens with zero attached hydrogens (tertiary/aromatic N) is 3. The molecule has 0 unspecified atom stereocenters. The molecule has 1 aromatic carbocycles. The zero-order chi connectivity index (χ0) is 17.8. The highest BCUT2D eigenvalue weighted by atomic mass is 16.7. The maximum Gasteiger partial charge on any atom is 0.214 e. The Labute approximate surface area is 140 Å². The summed E-state index contributed by atoms with van der Waals surface area (Å²) in [6.45, 7) is 5.25. The predicted octanol–water partition coefficient (Wildman–Crippen LogP) is 2.97. The second kappa shape index (κ2) is 4.81. The van der Waals surface area contributed by atoms with Crippen molar-refractivity contribution in [1.82, 2.24) is 0 Å². The van der Waals surface area contributed by atoms with Gasteiger partial charge in [0.1, 0.15) is 6.10 Å². The SMILES string of the molecule is Cc1ccc([C@H]2O[C@@]3(C)OC(=N)[C@@](C#N)([C@@H]3C)C2(C#N)C#N)cc1. The fourth-order valence-electron chi connectivity index (χ4n) is 3.75. The number of nitriles is 3. The first-order chi connectivity index (χ1) is 11.3. The molecule has 2 saturated heterocycles. The maximum atomic E-state index is 9.91. The van der Waals surface area contributed by atoms with Gasteiger partial charge in [0.25, 0.3) is 0 Å². The van der Waals surface area contributed by atoms with Crippen LogP contribution >= 0.6 is 0 Å². The Bertz CT molecular complexity index is 828. The van der Waals surface area contributed by atoms with Gasteiger partial charge in [-0.3, -0.25) is 5.41 Å². The minimum absolute atomic E-state index is 0.377. The van der Waals surface area contributed by atoms with E-state index in [4.69, 9.17) is 14.9 Å². The van der Waals surface area contributed by atoms with E-state index in [2.05, 4.69) is 6.07 Å². The van der Waals surface area contributed by atoms with Gasteiger partial charge in [-0.2, -0.15) is 15.8 Å². The third-order valence-corrected chi connectivity index (χ3v) is 5.38. The lowest BCUT2D eigenvalue weighted by Crippen LogP contribution is -2.57. The largest absolute Gasteiger partial charge is 0.448 e. The first kappa shape index (κ1) is 16.0. The lowest BCUT2D eigenvalue weighted by molar-refractivity contribution is -0.268.